The minimum absolute atomic E-state index is 0.0422. The molecule has 128 valence electrons. The second-order valence-electron chi connectivity index (χ2n) is 4.98. The van der Waals surface area contributed by atoms with Gasteiger partial charge in [-0.15, -0.1) is 15.3 Å². The van der Waals surface area contributed by atoms with Crippen LogP contribution >= 0.6 is 0 Å². The SMILES string of the molecule is Cc1nnc(/C=C\n2cnc(-c3cc(C=O)cc(C(F)(F)F)c3)n2)o1. The second kappa shape index (κ2) is 6.30. The zero-order valence-electron chi connectivity index (χ0n) is 12.7. The molecule has 0 spiro atoms. The molecule has 3 rings (SSSR count). The zero-order valence-corrected chi connectivity index (χ0v) is 12.7. The predicted octanol–water partition coefficient (Wildman–Crippen LogP) is 3.10. The quantitative estimate of drug-likeness (QED) is 0.673. The van der Waals surface area contributed by atoms with Gasteiger partial charge in [-0.05, 0) is 18.2 Å². The maximum atomic E-state index is 12.9. The predicted molar refractivity (Wildman–Crippen MR) is 80.1 cm³/mol. The molecular weight excluding hydrogens is 339 g/mol. The van der Waals surface area contributed by atoms with Crippen molar-refractivity contribution in [3.63, 3.8) is 0 Å². The average Bonchev–Trinajstić information content (AvgIpc) is 3.20. The number of hydrogen-bond donors (Lipinski definition) is 0. The number of nitrogens with zero attached hydrogens (tertiary/aromatic N) is 5. The van der Waals surface area contributed by atoms with Crippen LogP contribution in [0.25, 0.3) is 23.7 Å². The monoisotopic (exact) mass is 349 g/mol. The maximum absolute atomic E-state index is 12.9. The first-order valence-electron chi connectivity index (χ1n) is 6.92. The number of carbonyl (C=O) groups excluding carboxylic acids is 1. The summed E-state index contributed by atoms with van der Waals surface area (Å²) in [7, 11) is 0. The van der Waals surface area contributed by atoms with E-state index in [9.17, 15) is 18.0 Å². The molecule has 0 aliphatic heterocycles. The topological polar surface area (TPSA) is 86.7 Å². The summed E-state index contributed by atoms with van der Waals surface area (Å²) in [5.41, 5.74) is -0.976. The molecule has 1 aromatic carbocycles. The Morgan fingerprint density at radius 2 is 2.00 bits per heavy atom. The number of alkyl halides is 3. The molecule has 3 aromatic rings. The number of halogens is 3. The molecule has 0 fully saturated rings. The summed E-state index contributed by atoms with van der Waals surface area (Å²) >= 11 is 0. The van der Waals surface area contributed by atoms with E-state index in [-0.39, 0.29) is 22.8 Å². The van der Waals surface area contributed by atoms with Crippen LogP contribution in [0.3, 0.4) is 0 Å². The number of hydrogen-bond acceptors (Lipinski definition) is 6. The van der Waals surface area contributed by atoms with Crippen LogP contribution in [0.5, 0.6) is 0 Å². The van der Waals surface area contributed by atoms with Crippen molar-refractivity contribution in [3.05, 3.63) is 47.4 Å². The lowest BCUT2D eigenvalue weighted by Gasteiger charge is -2.08. The summed E-state index contributed by atoms with van der Waals surface area (Å²) in [5, 5.41) is 11.5. The standard InChI is InChI=1S/C15H10F3N5O2/c1-9-20-21-13(25-9)2-3-23-8-19-14(22-23)11-4-10(7-24)5-12(6-11)15(16,17)18/h2-8H,1H3/b3-2-. The molecule has 0 bridgehead atoms. The van der Waals surface area contributed by atoms with Gasteiger partial charge in [-0.25, -0.2) is 9.67 Å². The molecule has 0 aliphatic rings. The summed E-state index contributed by atoms with van der Waals surface area (Å²) in [6.07, 6.45) is -0.00531. The van der Waals surface area contributed by atoms with E-state index in [0.29, 0.717) is 12.2 Å². The van der Waals surface area contributed by atoms with Crippen LogP contribution in [0.1, 0.15) is 27.7 Å². The maximum Gasteiger partial charge on any atom is 0.416 e. The van der Waals surface area contributed by atoms with Gasteiger partial charge >= 0.3 is 6.18 Å². The molecule has 25 heavy (non-hydrogen) atoms. The Hall–Kier alpha value is -3.30. The molecule has 2 aromatic heterocycles. The molecule has 2 heterocycles. The van der Waals surface area contributed by atoms with Gasteiger partial charge in [0.1, 0.15) is 12.6 Å². The summed E-state index contributed by atoms with van der Waals surface area (Å²) in [5.74, 6) is 0.682. The van der Waals surface area contributed by atoms with E-state index >= 15 is 0 Å². The first kappa shape index (κ1) is 16.6. The van der Waals surface area contributed by atoms with Crippen LogP contribution in [0.15, 0.2) is 28.9 Å². The van der Waals surface area contributed by atoms with Gasteiger partial charge in [0.05, 0.1) is 5.56 Å². The molecule has 0 unspecified atom stereocenters. The van der Waals surface area contributed by atoms with Gasteiger partial charge < -0.3 is 4.42 Å². The number of aldehydes is 1. The Kier molecular flexibility index (Phi) is 4.17. The number of benzene rings is 1. The van der Waals surface area contributed by atoms with Gasteiger partial charge in [0.2, 0.25) is 11.8 Å². The van der Waals surface area contributed by atoms with Crippen LogP contribution in [0, 0.1) is 6.92 Å². The summed E-state index contributed by atoms with van der Waals surface area (Å²) in [6, 6.07) is 2.94. The minimum atomic E-state index is -4.58. The van der Waals surface area contributed by atoms with E-state index < -0.39 is 11.7 Å². The zero-order chi connectivity index (χ0) is 18.0. The van der Waals surface area contributed by atoms with Gasteiger partial charge in [0, 0.05) is 30.3 Å². The van der Waals surface area contributed by atoms with Crippen molar-refractivity contribution in [2.24, 2.45) is 0 Å². The Bertz CT molecular complexity index is 943. The third-order valence-corrected chi connectivity index (χ3v) is 3.10. The van der Waals surface area contributed by atoms with Crippen LogP contribution in [0.2, 0.25) is 0 Å². The number of aryl methyl sites for hydroxylation is 1. The van der Waals surface area contributed by atoms with Gasteiger partial charge in [0.25, 0.3) is 0 Å². The fourth-order valence-electron chi connectivity index (χ4n) is 2.01. The van der Waals surface area contributed by atoms with Crippen molar-refractivity contribution in [1.82, 2.24) is 25.0 Å². The van der Waals surface area contributed by atoms with E-state index in [2.05, 4.69) is 20.3 Å². The van der Waals surface area contributed by atoms with E-state index in [4.69, 9.17) is 4.42 Å². The molecule has 0 saturated carbocycles. The molecule has 0 N–H and O–H groups in total. The van der Waals surface area contributed by atoms with Crippen LogP contribution in [-0.4, -0.2) is 31.2 Å². The molecule has 0 radical (unpaired) electrons. The van der Waals surface area contributed by atoms with Crippen molar-refractivity contribution >= 4 is 18.6 Å². The lowest BCUT2D eigenvalue weighted by molar-refractivity contribution is -0.137. The second-order valence-corrected chi connectivity index (χ2v) is 4.98. The van der Waals surface area contributed by atoms with Crippen molar-refractivity contribution in [2.75, 3.05) is 0 Å². The molecule has 0 aliphatic carbocycles. The molecular formula is C15H10F3N5O2. The van der Waals surface area contributed by atoms with Gasteiger partial charge in [-0.1, -0.05) is 0 Å². The first-order valence-corrected chi connectivity index (χ1v) is 6.92. The lowest BCUT2D eigenvalue weighted by Crippen LogP contribution is -2.06. The fourth-order valence-corrected chi connectivity index (χ4v) is 2.01. The van der Waals surface area contributed by atoms with Crippen molar-refractivity contribution in [1.29, 1.82) is 0 Å². The summed E-state index contributed by atoms with van der Waals surface area (Å²) in [4.78, 5) is 14.8. The molecule has 0 atom stereocenters. The Balaban J connectivity index is 1.91. The number of aromatic nitrogens is 5. The number of rotatable bonds is 4. The first-order chi connectivity index (χ1) is 11.8. The van der Waals surface area contributed by atoms with E-state index in [0.717, 1.165) is 12.1 Å². The fraction of sp³-hybridized carbons (Fsp3) is 0.133. The van der Waals surface area contributed by atoms with Crippen molar-refractivity contribution in [3.8, 4) is 11.4 Å². The van der Waals surface area contributed by atoms with Gasteiger partial charge in [-0.2, -0.15) is 13.2 Å². The lowest BCUT2D eigenvalue weighted by atomic mass is 10.1. The average molecular weight is 349 g/mol. The summed E-state index contributed by atoms with van der Waals surface area (Å²) < 4.78 is 45.2. The van der Waals surface area contributed by atoms with E-state index in [1.807, 2.05) is 0 Å². The van der Waals surface area contributed by atoms with E-state index in [1.165, 1.54) is 29.4 Å². The molecule has 10 heteroatoms. The van der Waals surface area contributed by atoms with Crippen LogP contribution < -0.4 is 0 Å². The largest absolute Gasteiger partial charge is 0.422 e. The van der Waals surface area contributed by atoms with E-state index in [1.54, 1.807) is 6.92 Å². The Morgan fingerprint density at radius 1 is 1.20 bits per heavy atom. The minimum Gasteiger partial charge on any atom is -0.422 e. The molecule has 0 amide bonds. The third-order valence-electron chi connectivity index (χ3n) is 3.10. The normalized spacial score (nSPS) is 12.0. The highest BCUT2D eigenvalue weighted by atomic mass is 19.4. The third kappa shape index (κ3) is 3.79. The van der Waals surface area contributed by atoms with Gasteiger partial charge in [0.15, 0.2) is 5.82 Å². The highest BCUT2D eigenvalue weighted by Gasteiger charge is 2.31. The Labute approximate surface area is 138 Å². The molecule has 0 saturated heterocycles. The van der Waals surface area contributed by atoms with Crippen LogP contribution in [0.4, 0.5) is 13.2 Å². The summed E-state index contributed by atoms with van der Waals surface area (Å²) in [6.45, 7) is 1.64. The van der Waals surface area contributed by atoms with Gasteiger partial charge in [-0.3, -0.25) is 4.79 Å². The number of carbonyl (C=O) groups is 1. The molecule has 7 nitrogen and oxygen atoms in total. The van der Waals surface area contributed by atoms with Crippen LogP contribution in [-0.2, 0) is 6.18 Å². The highest BCUT2D eigenvalue weighted by molar-refractivity contribution is 5.78. The Morgan fingerprint density at radius 3 is 2.64 bits per heavy atom. The van der Waals surface area contributed by atoms with Crippen molar-refractivity contribution in [2.45, 2.75) is 13.1 Å². The van der Waals surface area contributed by atoms with Crippen molar-refractivity contribution < 1.29 is 22.4 Å². The highest BCUT2D eigenvalue weighted by Crippen LogP contribution is 2.32. The smallest absolute Gasteiger partial charge is 0.416 e.